The van der Waals surface area contributed by atoms with Gasteiger partial charge < -0.3 is 10.2 Å². The Morgan fingerprint density at radius 3 is 2.81 bits per heavy atom. The Kier molecular flexibility index (Phi) is 6.26. The molecule has 136 valence electrons. The number of carbonyl (C=O) groups excluding carboxylic acids is 1. The molecule has 0 spiro atoms. The van der Waals surface area contributed by atoms with Crippen molar-refractivity contribution in [1.29, 1.82) is 5.26 Å². The average Bonchev–Trinajstić information content (AvgIpc) is 3.09. The van der Waals surface area contributed by atoms with Crippen LogP contribution in [-0.4, -0.2) is 37.5 Å². The summed E-state index contributed by atoms with van der Waals surface area (Å²) >= 11 is 1.38. The van der Waals surface area contributed by atoms with Gasteiger partial charge in [0.2, 0.25) is 5.91 Å². The van der Waals surface area contributed by atoms with E-state index in [9.17, 15) is 4.79 Å². The van der Waals surface area contributed by atoms with Crippen molar-refractivity contribution in [2.24, 2.45) is 0 Å². The monoisotopic (exact) mass is 368 g/mol. The first-order chi connectivity index (χ1) is 12.7. The fourth-order valence-electron chi connectivity index (χ4n) is 3.34. The fraction of sp³-hybridized carbons (Fsp3) is 0.400. The number of carbonyl (C=O) groups is 1. The topological polar surface area (TPSA) is 59.4 Å². The number of nitrogens with zero attached hydrogens (tertiary/aromatic N) is 3. The molecule has 26 heavy (non-hydrogen) atoms. The number of hydrogen-bond acceptors (Lipinski definition) is 5. The van der Waals surface area contributed by atoms with Crippen molar-refractivity contribution in [2.45, 2.75) is 25.8 Å². The number of nitrogens with one attached hydrogen (secondary N) is 1. The average molecular weight is 369 g/mol. The Morgan fingerprint density at radius 1 is 1.27 bits per heavy atom. The predicted octanol–water partition coefficient (Wildman–Crippen LogP) is 3.68. The number of para-hydroxylation sites is 1. The Hall–Kier alpha value is -2.36. The van der Waals surface area contributed by atoms with Crippen molar-refractivity contribution in [3.63, 3.8) is 0 Å². The smallest absolute Gasteiger partial charge is 0.239 e. The highest BCUT2D eigenvalue weighted by molar-refractivity contribution is 7.14. The van der Waals surface area contributed by atoms with Crippen LogP contribution in [0.15, 0.2) is 35.7 Å². The normalized spacial score (nSPS) is 14.3. The number of amides is 1. The number of rotatable bonds is 6. The second kappa shape index (κ2) is 8.84. The van der Waals surface area contributed by atoms with E-state index in [1.54, 1.807) is 6.07 Å². The largest absolute Gasteiger partial charge is 0.371 e. The summed E-state index contributed by atoms with van der Waals surface area (Å²) in [6.45, 7) is 3.22. The third kappa shape index (κ3) is 4.63. The molecule has 6 heteroatoms. The van der Waals surface area contributed by atoms with Gasteiger partial charge in [-0.3, -0.25) is 9.69 Å². The Labute approximate surface area is 158 Å². The van der Waals surface area contributed by atoms with E-state index >= 15 is 0 Å². The lowest BCUT2D eigenvalue weighted by Crippen LogP contribution is -2.32. The van der Waals surface area contributed by atoms with E-state index in [4.69, 9.17) is 5.26 Å². The molecule has 0 aliphatic carbocycles. The van der Waals surface area contributed by atoms with E-state index in [2.05, 4.69) is 40.6 Å². The summed E-state index contributed by atoms with van der Waals surface area (Å²) < 4.78 is 0. The lowest BCUT2D eigenvalue weighted by atomic mass is 10.1. The van der Waals surface area contributed by atoms with Gasteiger partial charge in [-0.05, 0) is 49.4 Å². The molecule has 1 saturated heterocycles. The number of anilines is 2. The molecule has 0 radical (unpaired) electrons. The minimum absolute atomic E-state index is 0.0955. The van der Waals surface area contributed by atoms with Crippen molar-refractivity contribution in [3.8, 4) is 6.07 Å². The Morgan fingerprint density at radius 2 is 2.04 bits per heavy atom. The summed E-state index contributed by atoms with van der Waals surface area (Å²) in [5.41, 5.74) is 3.05. The Balaban J connectivity index is 1.60. The maximum atomic E-state index is 12.3. The lowest BCUT2D eigenvalue weighted by Gasteiger charge is -2.31. The van der Waals surface area contributed by atoms with E-state index in [0.29, 0.717) is 10.6 Å². The van der Waals surface area contributed by atoms with Gasteiger partial charge in [0.15, 0.2) is 0 Å². The van der Waals surface area contributed by atoms with Gasteiger partial charge in [-0.25, -0.2) is 0 Å². The number of hydrogen-bond donors (Lipinski definition) is 1. The molecular formula is C20H24N4OS. The maximum Gasteiger partial charge on any atom is 0.239 e. The first kappa shape index (κ1) is 18.4. The van der Waals surface area contributed by atoms with E-state index in [0.717, 1.165) is 19.6 Å². The van der Waals surface area contributed by atoms with Gasteiger partial charge in [0.1, 0.15) is 11.1 Å². The van der Waals surface area contributed by atoms with Crippen LogP contribution >= 0.6 is 11.3 Å². The van der Waals surface area contributed by atoms with Crippen molar-refractivity contribution in [3.05, 3.63) is 46.8 Å². The number of benzene rings is 1. The van der Waals surface area contributed by atoms with Gasteiger partial charge in [0.05, 0.1) is 12.1 Å². The summed E-state index contributed by atoms with van der Waals surface area (Å²) in [6, 6.07) is 12.3. The number of nitriles is 1. The molecule has 1 fully saturated rings. The third-order valence-corrected chi connectivity index (χ3v) is 5.41. The van der Waals surface area contributed by atoms with Gasteiger partial charge in [-0.1, -0.05) is 18.2 Å². The molecule has 0 saturated carbocycles. The highest BCUT2D eigenvalue weighted by Gasteiger charge is 2.16. The van der Waals surface area contributed by atoms with E-state index in [-0.39, 0.29) is 12.5 Å². The molecule has 2 aromatic rings. The Bertz CT molecular complexity index is 789. The van der Waals surface area contributed by atoms with Crippen molar-refractivity contribution >= 4 is 27.9 Å². The van der Waals surface area contributed by atoms with Gasteiger partial charge in [0.25, 0.3) is 0 Å². The second-order valence-corrected chi connectivity index (χ2v) is 7.59. The van der Waals surface area contributed by atoms with Crippen LogP contribution in [-0.2, 0) is 11.3 Å². The minimum atomic E-state index is -0.0955. The van der Waals surface area contributed by atoms with Gasteiger partial charge in [0, 0.05) is 25.3 Å². The van der Waals surface area contributed by atoms with Crippen LogP contribution in [0.5, 0.6) is 0 Å². The zero-order valence-electron chi connectivity index (χ0n) is 15.1. The standard InChI is InChI=1S/C20H24N4OS/c1-23(15-19(25)22-20-16(13-21)9-12-26-20)14-17-7-3-4-8-18(17)24-10-5-2-6-11-24/h3-4,7-9,12H,2,5-6,10-11,14-15H2,1H3,(H,22,25). The third-order valence-electron chi connectivity index (χ3n) is 4.58. The first-order valence-corrected chi connectivity index (χ1v) is 9.84. The lowest BCUT2D eigenvalue weighted by molar-refractivity contribution is -0.117. The number of likely N-dealkylation sites (N-methyl/N-ethyl adjacent to an activating group) is 1. The maximum absolute atomic E-state index is 12.3. The van der Waals surface area contributed by atoms with Gasteiger partial charge in [-0.2, -0.15) is 5.26 Å². The SMILES string of the molecule is CN(CC(=O)Nc1sccc1C#N)Cc1ccccc1N1CCCCC1. The van der Waals surface area contributed by atoms with Crippen LogP contribution in [0.3, 0.4) is 0 Å². The van der Waals surface area contributed by atoms with Crippen LogP contribution in [0, 0.1) is 11.3 Å². The van der Waals surface area contributed by atoms with Gasteiger partial charge >= 0.3 is 0 Å². The molecule has 2 heterocycles. The van der Waals surface area contributed by atoms with E-state index in [1.807, 2.05) is 17.3 Å². The molecule has 0 unspecified atom stereocenters. The molecular weight excluding hydrogens is 344 g/mol. The molecule has 3 rings (SSSR count). The zero-order valence-corrected chi connectivity index (χ0v) is 15.9. The van der Waals surface area contributed by atoms with Crippen molar-refractivity contribution in [1.82, 2.24) is 4.90 Å². The van der Waals surface area contributed by atoms with Crippen LogP contribution in [0.2, 0.25) is 0 Å². The van der Waals surface area contributed by atoms with E-state index < -0.39 is 0 Å². The molecule has 1 amide bonds. The molecule has 0 atom stereocenters. The van der Waals surface area contributed by atoms with E-state index in [1.165, 1.54) is 41.9 Å². The predicted molar refractivity (Wildman–Crippen MR) is 107 cm³/mol. The molecule has 1 aliphatic heterocycles. The quantitative estimate of drug-likeness (QED) is 0.845. The van der Waals surface area contributed by atoms with Crippen LogP contribution in [0.1, 0.15) is 30.4 Å². The van der Waals surface area contributed by atoms with Crippen LogP contribution in [0.4, 0.5) is 10.7 Å². The van der Waals surface area contributed by atoms with Crippen molar-refractivity contribution in [2.75, 3.05) is 36.9 Å². The van der Waals surface area contributed by atoms with Gasteiger partial charge in [-0.15, -0.1) is 11.3 Å². The molecule has 1 aromatic heterocycles. The van der Waals surface area contributed by atoms with Crippen LogP contribution in [0.25, 0.3) is 0 Å². The van der Waals surface area contributed by atoms with Crippen molar-refractivity contribution < 1.29 is 4.79 Å². The first-order valence-electron chi connectivity index (χ1n) is 8.96. The molecule has 1 aliphatic rings. The molecule has 5 nitrogen and oxygen atoms in total. The summed E-state index contributed by atoms with van der Waals surface area (Å²) in [5, 5.41) is 14.3. The molecule has 1 aromatic carbocycles. The highest BCUT2D eigenvalue weighted by Crippen LogP contribution is 2.25. The second-order valence-electron chi connectivity index (χ2n) is 6.67. The summed E-state index contributed by atoms with van der Waals surface area (Å²) in [7, 11) is 1.95. The highest BCUT2D eigenvalue weighted by atomic mass is 32.1. The fourth-order valence-corrected chi connectivity index (χ4v) is 4.09. The molecule has 0 bridgehead atoms. The summed E-state index contributed by atoms with van der Waals surface area (Å²) in [6.07, 6.45) is 3.80. The summed E-state index contributed by atoms with van der Waals surface area (Å²) in [4.78, 5) is 16.8. The number of piperidine rings is 1. The molecule has 1 N–H and O–H groups in total. The van der Waals surface area contributed by atoms with Crippen LogP contribution < -0.4 is 10.2 Å². The summed E-state index contributed by atoms with van der Waals surface area (Å²) in [5.74, 6) is -0.0955. The number of thiophene rings is 1. The zero-order chi connectivity index (χ0) is 18.4. The minimum Gasteiger partial charge on any atom is -0.371 e.